The third kappa shape index (κ3) is 5.16. The van der Waals surface area contributed by atoms with Gasteiger partial charge in [0.05, 0.1) is 5.69 Å². The first-order valence-corrected chi connectivity index (χ1v) is 8.57. The number of hydrogen-bond donors (Lipinski definition) is 2. The van der Waals surface area contributed by atoms with Gasteiger partial charge in [0, 0.05) is 23.7 Å². The Hall–Kier alpha value is -2.67. The van der Waals surface area contributed by atoms with Gasteiger partial charge >= 0.3 is 0 Å². The molecule has 0 fully saturated rings. The molecule has 0 bridgehead atoms. The number of hydrazine groups is 1. The number of benzene rings is 1. The standard InChI is InChI=1S/C18H20ClFN4O2/c1-3-4-11-24-17(19)15(12(2)23-24)9-10-16(25)21-22-18(26)13-5-7-14(20)8-6-13/h5-10H,3-4,11H2,1-2H3,(H,21,25)(H,22,26). The predicted molar refractivity (Wildman–Crippen MR) is 97.9 cm³/mol. The molecule has 0 aliphatic heterocycles. The zero-order valence-corrected chi connectivity index (χ0v) is 15.3. The van der Waals surface area contributed by atoms with Gasteiger partial charge in [-0.25, -0.2) is 4.39 Å². The number of carbonyl (C=O) groups is 2. The molecule has 0 unspecified atom stereocenters. The largest absolute Gasteiger partial charge is 0.269 e. The molecule has 0 aliphatic carbocycles. The maximum absolute atomic E-state index is 12.8. The van der Waals surface area contributed by atoms with Crippen LogP contribution in [-0.4, -0.2) is 21.6 Å². The molecule has 2 aromatic rings. The smallest absolute Gasteiger partial charge is 0.268 e. The third-order valence-electron chi connectivity index (χ3n) is 3.64. The van der Waals surface area contributed by atoms with Crippen molar-refractivity contribution in [2.75, 3.05) is 0 Å². The lowest BCUT2D eigenvalue weighted by Crippen LogP contribution is -2.40. The summed E-state index contributed by atoms with van der Waals surface area (Å²) < 4.78 is 14.5. The Bertz CT molecular complexity index is 815. The summed E-state index contributed by atoms with van der Waals surface area (Å²) in [7, 11) is 0. The van der Waals surface area contributed by atoms with E-state index < -0.39 is 17.6 Å². The number of rotatable bonds is 6. The van der Waals surface area contributed by atoms with Crippen LogP contribution < -0.4 is 10.9 Å². The molecule has 1 aromatic carbocycles. The molecular formula is C18H20ClFN4O2. The van der Waals surface area contributed by atoms with Crippen molar-refractivity contribution in [3.8, 4) is 0 Å². The highest BCUT2D eigenvalue weighted by Gasteiger charge is 2.11. The SMILES string of the molecule is CCCCn1nc(C)c(C=CC(=O)NNC(=O)c2ccc(F)cc2)c1Cl. The van der Waals surface area contributed by atoms with E-state index in [2.05, 4.69) is 22.9 Å². The highest BCUT2D eigenvalue weighted by atomic mass is 35.5. The van der Waals surface area contributed by atoms with Gasteiger partial charge < -0.3 is 0 Å². The molecule has 2 amide bonds. The van der Waals surface area contributed by atoms with E-state index >= 15 is 0 Å². The van der Waals surface area contributed by atoms with Gasteiger partial charge in [0.15, 0.2) is 0 Å². The van der Waals surface area contributed by atoms with E-state index in [1.54, 1.807) is 10.8 Å². The monoisotopic (exact) mass is 378 g/mol. The molecule has 0 saturated heterocycles. The van der Waals surface area contributed by atoms with Crippen LogP contribution in [0.25, 0.3) is 6.08 Å². The Morgan fingerprint density at radius 1 is 1.27 bits per heavy atom. The number of nitrogens with one attached hydrogen (secondary N) is 2. The van der Waals surface area contributed by atoms with Gasteiger partial charge in [-0.05, 0) is 43.7 Å². The lowest BCUT2D eigenvalue weighted by molar-refractivity contribution is -0.117. The lowest BCUT2D eigenvalue weighted by Gasteiger charge is -2.05. The molecule has 1 heterocycles. The van der Waals surface area contributed by atoms with Crippen LogP contribution in [0.3, 0.4) is 0 Å². The minimum atomic E-state index is -0.548. The summed E-state index contributed by atoms with van der Waals surface area (Å²) in [5.41, 5.74) is 6.10. The zero-order valence-electron chi connectivity index (χ0n) is 14.6. The summed E-state index contributed by atoms with van der Waals surface area (Å²) in [4.78, 5) is 23.7. The van der Waals surface area contributed by atoms with Gasteiger partial charge in [-0.15, -0.1) is 0 Å². The molecular weight excluding hydrogens is 359 g/mol. The van der Waals surface area contributed by atoms with Crippen LogP contribution in [0.4, 0.5) is 4.39 Å². The van der Waals surface area contributed by atoms with Crippen molar-refractivity contribution in [1.29, 1.82) is 0 Å². The van der Waals surface area contributed by atoms with E-state index in [9.17, 15) is 14.0 Å². The molecule has 0 aliphatic rings. The van der Waals surface area contributed by atoms with E-state index in [-0.39, 0.29) is 5.56 Å². The Morgan fingerprint density at radius 2 is 1.96 bits per heavy atom. The third-order valence-corrected chi connectivity index (χ3v) is 4.04. The number of carbonyl (C=O) groups excluding carboxylic acids is 2. The fourth-order valence-corrected chi connectivity index (χ4v) is 2.53. The van der Waals surface area contributed by atoms with Gasteiger partial charge in [-0.1, -0.05) is 24.9 Å². The number of amides is 2. The summed E-state index contributed by atoms with van der Waals surface area (Å²) in [6, 6.07) is 4.97. The second kappa shape index (κ2) is 9.15. The van der Waals surface area contributed by atoms with Crippen LogP contribution in [0.5, 0.6) is 0 Å². The maximum Gasteiger partial charge on any atom is 0.269 e. The van der Waals surface area contributed by atoms with Crippen molar-refractivity contribution in [2.45, 2.75) is 33.2 Å². The average molecular weight is 379 g/mol. The first kappa shape index (κ1) is 19.7. The predicted octanol–water partition coefficient (Wildman–Crippen LogP) is 3.26. The molecule has 0 radical (unpaired) electrons. The van der Waals surface area contributed by atoms with E-state index in [1.165, 1.54) is 18.2 Å². The van der Waals surface area contributed by atoms with E-state index in [1.807, 2.05) is 6.92 Å². The molecule has 26 heavy (non-hydrogen) atoms. The van der Waals surface area contributed by atoms with Crippen molar-refractivity contribution in [3.05, 3.63) is 58.1 Å². The second-order valence-electron chi connectivity index (χ2n) is 5.65. The highest BCUT2D eigenvalue weighted by molar-refractivity contribution is 6.31. The van der Waals surface area contributed by atoms with Crippen LogP contribution in [0, 0.1) is 12.7 Å². The van der Waals surface area contributed by atoms with Gasteiger partial charge in [0.25, 0.3) is 11.8 Å². The van der Waals surface area contributed by atoms with Crippen LogP contribution >= 0.6 is 11.6 Å². The van der Waals surface area contributed by atoms with Gasteiger partial charge in [-0.3, -0.25) is 25.1 Å². The first-order chi connectivity index (χ1) is 12.4. The second-order valence-corrected chi connectivity index (χ2v) is 6.01. The van der Waals surface area contributed by atoms with E-state index in [4.69, 9.17) is 11.6 Å². The number of unbranched alkanes of at least 4 members (excludes halogenated alkanes) is 1. The van der Waals surface area contributed by atoms with Crippen LogP contribution in [0.15, 0.2) is 30.3 Å². The molecule has 8 heteroatoms. The molecule has 0 atom stereocenters. The maximum atomic E-state index is 12.8. The van der Waals surface area contributed by atoms with Gasteiger partial charge in [-0.2, -0.15) is 5.10 Å². The van der Waals surface area contributed by atoms with Crippen molar-refractivity contribution < 1.29 is 14.0 Å². The number of nitrogens with zero attached hydrogens (tertiary/aromatic N) is 2. The fourth-order valence-electron chi connectivity index (χ4n) is 2.21. The summed E-state index contributed by atoms with van der Waals surface area (Å²) in [5.74, 6) is -1.52. The Kier molecular flexibility index (Phi) is 6.91. The molecule has 2 N–H and O–H groups in total. The van der Waals surface area contributed by atoms with E-state index in [0.717, 1.165) is 25.0 Å². The average Bonchev–Trinajstić information content (AvgIpc) is 2.90. The fraction of sp³-hybridized carbons (Fsp3) is 0.278. The van der Waals surface area contributed by atoms with Crippen LogP contribution in [0.1, 0.15) is 41.4 Å². The number of aryl methyl sites for hydroxylation is 2. The van der Waals surface area contributed by atoms with Gasteiger partial charge in [0.2, 0.25) is 0 Å². The van der Waals surface area contributed by atoms with Crippen LogP contribution in [0.2, 0.25) is 5.15 Å². The molecule has 138 valence electrons. The van der Waals surface area contributed by atoms with Crippen molar-refractivity contribution >= 4 is 29.5 Å². The summed E-state index contributed by atoms with van der Waals surface area (Å²) in [6.45, 7) is 4.60. The van der Waals surface area contributed by atoms with Crippen molar-refractivity contribution in [1.82, 2.24) is 20.6 Å². The minimum absolute atomic E-state index is 0.228. The summed E-state index contributed by atoms with van der Waals surface area (Å²) >= 11 is 6.29. The summed E-state index contributed by atoms with van der Waals surface area (Å²) in [5, 5.41) is 4.82. The Balaban J connectivity index is 1.94. The van der Waals surface area contributed by atoms with Crippen LogP contribution in [-0.2, 0) is 11.3 Å². The molecule has 1 aromatic heterocycles. The molecule has 6 nitrogen and oxygen atoms in total. The summed E-state index contributed by atoms with van der Waals surface area (Å²) in [6.07, 6.45) is 4.79. The van der Waals surface area contributed by atoms with Gasteiger partial charge in [0.1, 0.15) is 11.0 Å². The number of halogens is 2. The number of hydrogen-bond acceptors (Lipinski definition) is 3. The molecule has 0 saturated carbocycles. The van der Waals surface area contributed by atoms with E-state index in [0.29, 0.717) is 23.0 Å². The quantitative estimate of drug-likeness (QED) is 0.598. The lowest BCUT2D eigenvalue weighted by atomic mass is 10.2. The highest BCUT2D eigenvalue weighted by Crippen LogP contribution is 2.21. The molecule has 0 spiro atoms. The Labute approximate surface area is 156 Å². The first-order valence-electron chi connectivity index (χ1n) is 8.19. The minimum Gasteiger partial charge on any atom is -0.268 e. The van der Waals surface area contributed by atoms with Crippen molar-refractivity contribution in [2.24, 2.45) is 0 Å². The topological polar surface area (TPSA) is 76.0 Å². The number of aromatic nitrogens is 2. The van der Waals surface area contributed by atoms with Crippen molar-refractivity contribution in [3.63, 3.8) is 0 Å². The zero-order chi connectivity index (χ0) is 19.1. The normalized spacial score (nSPS) is 10.9. The molecule has 2 rings (SSSR count). The Morgan fingerprint density at radius 3 is 2.62 bits per heavy atom.